The lowest BCUT2D eigenvalue weighted by molar-refractivity contribution is 0.212. The molecule has 0 saturated carbocycles. The number of nitrogens with zero attached hydrogens (tertiary/aromatic N) is 2. The Bertz CT molecular complexity index is 225. The zero-order chi connectivity index (χ0) is 8.23. The first-order valence-corrected chi connectivity index (χ1v) is 4.26. The van der Waals surface area contributed by atoms with Gasteiger partial charge in [-0.3, -0.25) is 4.90 Å². The van der Waals surface area contributed by atoms with E-state index in [2.05, 4.69) is 15.2 Å². The highest BCUT2D eigenvalue weighted by molar-refractivity contribution is 5.85. The number of aromatic nitrogens is 1. The van der Waals surface area contributed by atoms with Crippen molar-refractivity contribution < 1.29 is 4.42 Å². The summed E-state index contributed by atoms with van der Waals surface area (Å²) in [6, 6.07) is 0. The number of hydrogen-bond acceptors (Lipinski definition) is 4. The minimum Gasteiger partial charge on any atom is -0.448 e. The number of piperazine rings is 1. The van der Waals surface area contributed by atoms with Crippen molar-refractivity contribution in [3.8, 4) is 0 Å². The van der Waals surface area contributed by atoms with Crippen LogP contribution in [-0.2, 0) is 6.54 Å². The summed E-state index contributed by atoms with van der Waals surface area (Å²) in [4.78, 5) is 6.42. The van der Waals surface area contributed by atoms with E-state index in [-0.39, 0.29) is 24.8 Å². The molecule has 1 saturated heterocycles. The average Bonchev–Trinajstić information content (AvgIpc) is 2.59. The van der Waals surface area contributed by atoms with Crippen LogP contribution in [0.4, 0.5) is 0 Å². The van der Waals surface area contributed by atoms with Crippen molar-refractivity contribution in [2.75, 3.05) is 26.2 Å². The van der Waals surface area contributed by atoms with Gasteiger partial charge in [-0.05, 0) is 0 Å². The number of rotatable bonds is 2. The van der Waals surface area contributed by atoms with Crippen molar-refractivity contribution >= 4 is 24.8 Å². The van der Waals surface area contributed by atoms with Gasteiger partial charge in [0.25, 0.3) is 0 Å². The Morgan fingerprint density at radius 1 is 1.36 bits per heavy atom. The third kappa shape index (κ3) is 3.84. The van der Waals surface area contributed by atoms with Crippen LogP contribution in [-0.4, -0.2) is 36.1 Å². The lowest BCUT2D eigenvalue weighted by Gasteiger charge is -2.25. The van der Waals surface area contributed by atoms with Gasteiger partial charge in [0.1, 0.15) is 6.26 Å². The summed E-state index contributed by atoms with van der Waals surface area (Å²) in [5.41, 5.74) is 0. The van der Waals surface area contributed by atoms with Crippen molar-refractivity contribution in [1.82, 2.24) is 15.2 Å². The highest BCUT2D eigenvalue weighted by atomic mass is 35.5. The third-order valence-corrected chi connectivity index (χ3v) is 2.05. The molecule has 0 spiro atoms. The Kier molecular flexibility index (Phi) is 6.92. The van der Waals surface area contributed by atoms with E-state index in [1.54, 1.807) is 12.5 Å². The van der Waals surface area contributed by atoms with Gasteiger partial charge in [-0.2, -0.15) is 0 Å². The zero-order valence-corrected chi connectivity index (χ0v) is 9.44. The predicted octanol–water partition coefficient (Wildman–Crippen LogP) is 0.923. The van der Waals surface area contributed by atoms with Gasteiger partial charge in [-0.25, -0.2) is 4.98 Å². The average molecular weight is 240 g/mol. The third-order valence-electron chi connectivity index (χ3n) is 2.05. The van der Waals surface area contributed by atoms with Gasteiger partial charge in [0.05, 0.1) is 12.7 Å². The van der Waals surface area contributed by atoms with Crippen LogP contribution in [0.3, 0.4) is 0 Å². The Morgan fingerprint density at radius 2 is 2.07 bits per heavy atom. The first-order chi connectivity index (χ1) is 5.95. The van der Waals surface area contributed by atoms with Crippen LogP contribution in [0.25, 0.3) is 0 Å². The van der Waals surface area contributed by atoms with Crippen LogP contribution in [0.5, 0.6) is 0 Å². The molecule has 6 heteroatoms. The van der Waals surface area contributed by atoms with Gasteiger partial charge < -0.3 is 9.73 Å². The molecular weight excluding hydrogens is 225 g/mol. The zero-order valence-electron chi connectivity index (χ0n) is 7.81. The van der Waals surface area contributed by atoms with Crippen LogP contribution < -0.4 is 5.32 Å². The summed E-state index contributed by atoms with van der Waals surface area (Å²) in [5, 5.41) is 3.30. The van der Waals surface area contributed by atoms with E-state index in [0.717, 1.165) is 38.6 Å². The summed E-state index contributed by atoms with van der Waals surface area (Å²) >= 11 is 0. The van der Waals surface area contributed by atoms with Gasteiger partial charge in [0.2, 0.25) is 5.89 Å². The predicted molar refractivity (Wildman–Crippen MR) is 59.1 cm³/mol. The molecule has 1 aliphatic rings. The molecule has 0 aliphatic carbocycles. The number of hydrogen-bond donors (Lipinski definition) is 1. The molecule has 2 heterocycles. The Hall–Kier alpha value is -0.290. The Labute approximate surface area is 95.9 Å². The monoisotopic (exact) mass is 239 g/mol. The fourth-order valence-corrected chi connectivity index (χ4v) is 1.39. The molecule has 0 bridgehead atoms. The lowest BCUT2D eigenvalue weighted by atomic mass is 10.3. The standard InChI is InChI=1S/C8H13N3O.2ClH/c1-4-11(5-2-9-1)7-8-10-3-6-12-8;;/h3,6,9H,1-2,4-5,7H2;2*1H. The number of halogens is 2. The maximum absolute atomic E-state index is 5.16. The highest BCUT2D eigenvalue weighted by Crippen LogP contribution is 2.01. The van der Waals surface area contributed by atoms with Gasteiger partial charge in [0.15, 0.2) is 0 Å². The molecule has 0 aromatic carbocycles. The fourth-order valence-electron chi connectivity index (χ4n) is 1.39. The van der Waals surface area contributed by atoms with Crippen molar-refractivity contribution in [2.24, 2.45) is 0 Å². The van der Waals surface area contributed by atoms with Crippen LogP contribution >= 0.6 is 24.8 Å². The molecule has 0 radical (unpaired) electrons. The summed E-state index contributed by atoms with van der Waals surface area (Å²) in [5.74, 6) is 0.817. The van der Waals surface area contributed by atoms with Crippen molar-refractivity contribution in [2.45, 2.75) is 6.54 Å². The summed E-state index contributed by atoms with van der Waals surface area (Å²) in [7, 11) is 0. The smallest absolute Gasteiger partial charge is 0.208 e. The minimum absolute atomic E-state index is 0. The molecule has 1 aliphatic heterocycles. The van der Waals surface area contributed by atoms with Crippen molar-refractivity contribution in [3.05, 3.63) is 18.4 Å². The second-order valence-electron chi connectivity index (χ2n) is 2.95. The van der Waals surface area contributed by atoms with Gasteiger partial charge in [-0.15, -0.1) is 24.8 Å². The Balaban J connectivity index is 0.000000845. The molecule has 1 N–H and O–H groups in total. The molecule has 0 unspecified atom stereocenters. The van der Waals surface area contributed by atoms with E-state index in [4.69, 9.17) is 4.42 Å². The van der Waals surface area contributed by atoms with Crippen LogP contribution in [0.1, 0.15) is 5.89 Å². The first kappa shape index (κ1) is 13.7. The molecule has 4 nitrogen and oxygen atoms in total. The van der Waals surface area contributed by atoms with Gasteiger partial charge >= 0.3 is 0 Å². The van der Waals surface area contributed by atoms with E-state index in [0.29, 0.717) is 0 Å². The Morgan fingerprint density at radius 3 is 2.64 bits per heavy atom. The van der Waals surface area contributed by atoms with Gasteiger partial charge in [0, 0.05) is 26.2 Å². The molecule has 82 valence electrons. The van der Waals surface area contributed by atoms with Gasteiger partial charge in [-0.1, -0.05) is 0 Å². The maximum Gasteiger partial charge on any atom is 0.208 e. The molecular formula is C8H15Cl2N3O. The number of oxazole rings is 1. The molecule has 1 fully saturated rings. The topological polar surface area (TPSA) is 41.3 Å². The molecule has 1 aromatic rings. The second-order valence-corrected chi connectivity index (χ2v) is 2.95. The van der Waals surface area contributed by atoms with Crippen LogP contribution in [0, 0.1) is 0 Å². The minimum atomic E-state index is 0. The SMILES string of the molecule is Cl.Cl.c1coc(CN2CCNCC2)n1. The van der Waals surface area contributed by atoms with E-state index in [9.17, 15) is 0 Å². The van der Waals surface area contributed by atoms with E-state index < -0.39 is 0 Å². The maximum atomic E-state index is 5.16. The summed E-state index contributed by atoms with van der Waals surface area (Å²) in [6.45, 7) is 5.15. The molecule has 1 aromatic heterocycles. The molecule has 2 rings (SSSR count). The number of nitrogens with one attached hydrogen (secondary N) is 1. The molecule has 14 heavy (non-hydrogen) atoms. The van der Waals surface area contributed by atoms with Crippen LogP contribution in [0.15, 0.2) is 16.9 Å². The van der Waals surface area contributed by atoms with E-state index in [1.165, 1.54) is 0 Å². The summed E-state index contributed by atoms with van der Waals surface area (Å²) in [6.07, 6.45) is 3.31. The quantitative estimate of drug-likeness (QED) is 0.834. The summed E-state index contributed by atoms with van der Waals surface area (Å²) < 4.78 is 5.16. The first-order valence-electron chi connectivity index (χ1n) is 4.26. The van der Waals surface area contributed by atoms with Crippen molar-refractivity contribution in [3.63, 3.8) is 0 Å². The second kappa shape index (κ2) is 7.06. The highest BCUT2D eigenvalue weighted by Gasteiger charge is 2.11. The largest absolute Gasteiger partial charge is 0.448 e. The van der Waals surface area contributed by atoms with E-state index in [1.807, 2.05) is 0 Å². The molecule has 0 atom stereocenters. The normalized spacial score (nSPS) is 16.9. The molecule has 0 amide bonds. The lowest BCUT2D eigenvalue weighted by Crippen LogP contribution is -2.42. The fraction of sp³-hybridized carbons (Fsp3) is 0.625. The van der Waals surface area contributed by atoms with Crippen LogP contribution in [0.2, 0.25) is 0 Å². The van der Waals surface area contributed by atoms with E-state index >= 15 is 0 Å². The van der Waals surface area contributed by atoms with Crippen molar-refractivity contribution in [1.29, 1.82) is 0 Å².